The highest BCUT2D eigenvalue weighted by atomic mass is 16.5. The van der Waals surface area contributed by atoms with Crippen molar-refractivity contribution in [1.29, 1.82) is 0 Å². The van der Waals surface area contributed by atoms with E-state index < -0.39 is 17.5 Å². The third-order valence-electron chi connectivity index (χ3n) is 4.54. The maximum absolute atomic E-state index is 12.4. The van der Waals surface area contributed by atoms with Crippen molar-refractivity contribution in [2.45, 2.75) is 32.3 Å². The van der Waals surface area contributed by atoms with E-state index in [0.29, 0.717) is 31.7 Å². The monoisotopic (exact) mass is 349 g/mol. The molecule has 1 aromatic rings. The summed E-state index contributed by atoms with van der Waals surface area (Å²) in [6.07, 6.45) is 2.60. The number of hydrogen-bond acceptors (Lipinski definition) is 5. The van der Waals surface area contributed by atoms with Crippen molar-refractivity contribution < 1.29 is 24.2 Å². The van der Waals surface area contributed by atoms with E-state index >= 15 is 0 Å². The molecule has 1 saturated heterocycles. The number of hydrogen-bond donors (Lipinski definition) is 2. The molecule has 8 nitrogen and oxygen atoms in total. The number of carbonyl (C=O) groups excluding carboxylic acids is 2. The highest BCUT2D eigenvalue weighted by Gasteiger charge is 2.45. The van der Waals surface area contributed by atoms with Gasteiger partial charge in [0.1, 0.15) is 5.82 Å². The zero-order valence-electron chi connectivity index (χ0n) is 14.6. The fourth-order valence-corrected chi connectivity index (χ4v) is 2.68. The summed E-state index contributed by atoms with van der Waals surface area (Å²) >= 11 is 0. The van der Waals surface area contributed by atoms with Crippen LogP contribution in [0.1, 0.15) is 25.3 Å². The number of pyridine rings is 1. The molecule has 1 aliphatic rings. The van der Waals surface area contributed by atoms with E-state index in [2.05, 4.69) is 10.3 Å². The van der Waals surface area contributed by atoms with Gasteiger partial charge in [-0.2, -0.15) is 0 Å². The maximum atomic E-state index is 12.4. The second-order valence-electron chi connectivity index (χ2n) is 6.32. The molecule has 0 aliphatic carbocycles. The van der Waals surface area contributed by atoms with Crippen LogP contribution in [0, 0.1) is 12.8 Å². The van der Waals surface area contributed by atoms with E-state index in [1.54, 1.807) is 12.3 Å². The largest absolute Gasteiger partial charge is 0.479 e. The van der Waals surface area contributed by atoms with E-state index in [1.165, 1.54) is 18.9 Å². The zero-order valence-corrected chi connectivity index (χ0v) is 14.6. The third-order valence-corrected chi connectivity index (χ3v) is 4.54. The third kappa shape index (κ3) is 4.14. The number of amides is 2. The Balaban J connectivity index is 1.92. The molecule has 0 aromatic carbocycles. The van der Waals surface area contributed by atoms with Gasteiger partial charge in [-0.1, -0.05) is 6.07 Å². The number of methoxy groups -OCH3 is 1. The fourth-order valence-electron chi connectivity index (χ4n) is 2.68. The van der Waals surface area contributed by atoms with Gasteiger partial charge in [0.15, 0.2) is 0 Å². The predicted octanol–water partition coefficient (Wildman–Crippen LogP) is 1.06. The SMILES string of the molecule is COC(C)(C(=O)O)C(=O)N1CCC(C(=O)Nc2ccc(C)cn2)CC1. The average Bonchev–Trinajstić information content (AvgIpc) is 2.62. The van der Waals surface area contributed by atoms with Crippen LogP contribution in [0.25, 0.3) is 0 Å². The molecule has 0 bridgehead atoms. The summed E-state index contributed by atoms with van der Waals surface area (Å²) in [5.74, 6) is -1.82. The number of carboxylic acids is 1. The van der Waals surface area contributed by atoms with E-state index in [-0.39, 0.29) is 11.8 Å². The number of carboxylic acid groups (broad SMARTS) is 1. The van der Waals surface area contributed by atoms with Gasteiger partial charge in [0.2, 0.25) is 11.5 Å². The van der Waals surface area contributed by atoms with Crippen molar-refractivity contribution in [3.63, 3.8) is 0 Å². The van der Waals surface area contributed by atoms with Crippen LogP contribution in [0.15, 0.2) is 18.3 Å². The van der Waals surface area contributed by atoms with Gasteiger partial charge in [-0.3, -0.25) is 9.59 Å². The lowest BCUT2D eigenvalue weighted by Crippen LogP contribution is -2.55. The van der Waals surface area contributed by atoms with Crippen LogP contribution in [0.4, 0.5) is 5.82 Å². The zero-order chi connectivity index (χ0) is 18.6. The van der Waals surface area contributed by atoms with Gasteiger partial charge in [-0.15, -0.1) is 0 Å². The number of rotatable bonds is 5. The molecule has 1 aromatic heterocycles. The lowest BCUT2D eigenvalue weighted by Gasteiger charge is -2.35. The highest BCUT2D eigenvalue weighted by Crippen LogP contribution is 2.23. The first-order valence-electron chi connectivity index (χ1n) is 8.09. The second-order valence-corrected chi connectivity index (χ2v) is 6.32. The van der Waals surface area contributed by atoms with Gasteiger partial charge in [0.05, 0.1) is 0 Å². The molecule has 2 N–H and O–H groups in total. The number of aromatic nitrogens is 1. The van der Waals surface area contributed by atoms with Crippen LogP contribution in [-0.2, 0) is 19.1 Å². The van der Waals surface area contributed by atoms with E-state index in [1.807, 2.05) is 13.0 Å². The molecule has 2 rings (SSSR count). The normalized spacial score (nSPS) is 17.6. The Labute approximate surface area is 146 Å². The van der Waals surface area contributed by atoms with Crippen LogP contribution in [0.5, 0.6) is 0 Å². The number of carbonyl (C=O) groups is 3. The minimum atomic E-state index is -1.90. The number of nitrogens with one attached hydrogen (secondary N) is 1. The van der Waals surface area contributed by atoms with Crippen molar-refractivity contribution in [3.8, 4) is 0 Å². The van der Waals surface area contributed by atoms with Crippen LogP contribution < -0.4 is 5.32 Å². The molecule has 25 heavy (non-hydrogen) atoms. The van der Waals surface area contributed by atoms with Crippen LogP contribution in [0.3, 0.4) is 0 Å². The van der Waals surface area contributed by atoms with Gasteiger partial charge in [-0.25, -0.2) is 9.78 Å². The number of likely N-dealkylation sites (tertiary alicyclic amines) is 1. The van der Waals surface area contributed by atoms with Gasteiger partial charge >= 0.3 is 5.97 Å². The summed E-state index contributed by atoms with van der Waals surface area (Å²) in [6.45, 7) is 3.77. The molecule has 2 heterocycles. The summed E-state index contributed by atoms with van der Waals surface area (Å²) in [5.41, 5.74) is -0.898. The van der Waals surface area contributed by atoms with Gasteiger partial charge in [0.25, 0.3) is 5.91 Å². The Kier molecular flexibility index (Phi) is 5.73. The standard InChI is InChI=1S/C17H23N3O5/c1-11-4-5-13(18-10-11)19-14(21)12-6-8-20(9-7-12)15(22)17(2,25-3)16(23)24/h4-5,10,12H,6-9H2,1-3H3,(H,23,24)(H,18,19,21). The molecule has 1 fully saturated rings. The second kappa shape index (κ2) is 7.60. The first-order chi connectivity index (χ1) is 11.8. The summed E-state index contributed by atoms with van der Waals surface area (Å²) in [6, 6.07) is 3.60. The van der Waals surface area contributed by atoms with Gasteiger partial charge < -0.3 is 20.1 Å². The van der Waals surface area contributed by atoms with Crippen LogP contribution in [-0.4, -0.2) is 58.6 Å². The van der Waals surface area contributed by atoms with Gasteiger partial charge in [-0.05, 0) is 38.3 Å². The number of nitrogens with zero attached hydrogens (tertiary/aromatic N) is 2. The molecule has 1 atom stereocenters. The molecule has 0 radical (unpaired) electrons. The minimum absolute atomic E-state index is 0.142. The van der Waals surface area contributed by atoms with Crippen molar-refractivity contribution >= 4 is 23.6 Å². The van der Waals surface area contributed by atoms with E-state index in [9.17, 15) is 19.5 Å². The van der Waals surface area contributed by atoms with Gasteiger partial charge in [0, 0.05) is 32.3 Å². The van der Waals surface area contributed by atoms with Crippen molar-refractivity contribution in [2.75, 3.05) is 25.5 Å². The highest BCUT2D eigenvalue weighted by molar-refractivity contribution is 6.05. The Bertz CT molecular complexity index is 653. The first kappa shape index (κ1) is 18.9. The number of piperidine rings is 1. The Hall–Kier alpha value is -2.48. The fraction of sp³-hybridized carbons (Fsp3) is 0.529. The molecular weight excluding hydrogens is 326 g/mol. The molecule has 0 saturated carbocycles. The molecular formula is C17H23N3O5. The number of aliphatic carboxylic acids is 1. The Morgan fingerprint density at radius 2 is 1.96 bits per heavy atom. The predicted molar refractivity (Wildman–Crippen MR) is 90.0 cm³/mol. The van der Waals surface area contributed by atoms with E-state index in [0.717, 1.165) is 5.56 Å². The lowest BCUT2D eigenvalue weighted by atomic mass is 9.94. The summed E-state index contributed by atoms with van der Waals surface area (Å²) in [7, 11) is 1.20. The summed E-state index contributed by atoms with van der Waals surface area (Å²) in [5, 5.41) is 12.0. The molecule has 136 valence electrons. The van der Waals surface area contributed by atoms with Crippen molar-refractivity contribution in [1.82, 2.24) is 9.88 Å². The summed E-state index contributed by atoms with van der Waals surface area (Å²) < 4.78 is 4.90. The molecule has 0 spiro atoms. The quantitative estimate of drug-likeness (QED) is 0.769. The van der Waals surface area contributed by atoms with Crippen LogP contribution in [0.2, 0.25) is 0 Å². The smallest absolute Gasteiger partial charge is 0.345 e. The minimum Gasteiger partial charge on any atom is -0.479 e. The lowest BCUT2D eigenvalue weighted by molar-refractivity contribution is -0.174. The number of ether oxygens (including phenoxy) is 1. The van der Waals surface area contributed by atoms with Crippen molar-refractivity contribution in [3.05, 3.63) is 23.9 Å². The topological polar surface area (TPSA) is 109 Å². The Morgan fingerprint density at radius 1 is 1.32 bits per heavy atom. The summed E-state index contributed by atoms with van der Waals surface area (Å²) in [4.78, 5) is 41.6. The van der Waals surface area contributed by atoms with Crippen molar-refractivity contribution in [2.24, 2.45) is 5.92 Å². The maximum Gasteiger partial charge on any atom is 0.345 e. The van der Waals surface area contributed by atoms with Crippen LogP contribution >= 0.6 is 0 Å². The van der Waals surface area contributed by atoms with E-state index in [4.69, 9.17) is 4.74 Å². The molecule has 2 amide bonds. The number of aryl methyl sites for hydroxylation is 1. The molecule has 8 heteroatoms. The average molecular weight is 349 g/mol. The first-order valence-corrected chi connectivity index (χ1v) is 8.09. The Morgan fingerprint density at radius 3 is 2.44 bits per heavy atom. The molecule has 1 unspecified atom stereocenters. The molecule has 1 aliphatic heterocycles. The number of anilines is 1.